The quantitative estimate of drug-likeness (QED) is 0.411. The van der Waals surface area contributed by atoms with Gasteiger partial charge in [0.2, 0.25) is 5.82 Å². The zero-order valence-electron chi connectivity index (χ0n) is 16.5. The Balaban J connectivity index is 1.89. The number of phenolic OH excluding ortho intramolecular Hbond substituents is 1. The Labute approximate surface area is 174 Å². The predicted molar refractivity (Wildman–Crippen MR) is 116 cm³/mol. The normalized spacial score (nSPS) is 11.6. The molecular formula is C24H21ClN2O2. The van der Waals surface area contributed by atoms with Crippen molar-refractivity contribution < 1.29 is 9.63 Å². The topological polar surface area (TPSA) is 59.2 Å². The monoisotopic (exact) mass is 404 g/mol. The number of halogens is 1. The van der Waals surface area contributed by atoms with E-state index in [9.17, 15) is 5.11 Å². The molecule has 1 heterocycles. The number of hydrogen-bond acceptors (Lipinski definition) is 4. The molecule has 0 saturated carbocycles. The Bertz CT molecular complexity index is 1160. The summed E-state index contributed by atoms with van der Waals surface area (Å²) in [5.41, 5.74) is 3.76. The number of aromatic hydroxyl groups is 1. The first-order valence-corrected chi connectivity index (χ1v) is 9.74. The molecule has 4 aromatic rings. The standard InChI is InChI=1S/C24H21ClN2O2/c1-24(2,3)16-13-18(15-9-5-4-6-10-15)21(28)19(14-16)23-26-22(27-29-23)17-11-7-8-12-20(17)25/h4-14,28H,1-3H3. The summed E-state index contributed by atoms with van der Waals surface area (Å²) >= 11 is 6.26. The highest BCUT2D eigenvalue weighted by Crippen LogP contribution is 2.42. The van der Waals surface area contributed by atoms with Gasteiger partial charge in [0, 0.05) is 11.1 Å². The van der Waals surface area contributed by atoms with Crippen molar-refractivity contribution in [2.45, 2.75) is 26.2 Å². The van der Waals surface area contributed by atoms with Crippen molar-refractivity contribution in [3.05, 3.63) is 77.3 Å². The molecule has 0 saturated heterocycles. The van der Waals surface area contributed by atoms with Gasteiger partial charge in [-0.15, -0.1) is 0 Å². The molecule has 0 fully saturated rings. The lowest BCUT2D eigenvalue weighted by molar-refractivity contribution is 0.425. The molecule has 1 N–H and O–H groups in total. The lowest BCUT2D eigenvalue weighted by atomic mass is 9.83. The molecule has 0 spiro atoms. The number of hydrogen-bond donors (Lipinski definition) is 1. The Morgan fingerprint density at radius 2 is 1.52 bits per heavy atom. The van der Waals surface area contributed by atoms with Gasteiger partial charge in [0.1, 0.15) is 5.75 Å². The van der Waals surface area contributed by atoms with Crippen LogP contribution in [-0.2, 0) is 5.41 Å². The first-order chi connectivity index (χ1) is 13.8. The van der Waals surface area contributed by atoms with Gasteiger partial charge in [-0.2, -0.15) is 4.98 Å². The van der Waals surface area contributed by atoms with E-state index in [2.05, 4.69) is 30.9 Å². The van der Waals surface area contributed by atoms with Gasteiger partial charge in [0.05, 0.1) is 10.6 Å². The van der Waals surface area contributed by atoms with Crippen LogP contribution in [0.5, 0.6) is 5.75 Å². The van der Waals surface area contributed by atoms with Crippen LogP contribution < -0.4 is 0 Å². The number of rotatable bonds is 3. The maximum absolute atomic E-state index is 11.1. The zero-order valence-corrected chi connectivity index (χ0v) is 17.2. The summed E-state index contributed by atoms with van der Waals surface area (Å²) in [5.74, 6) is 0.742. The van der Waals surface area contributed by atoms with E-state index in [4.69, 9.17) is 16.1 Å². The molecule has 3 aromatic carbocycles. The Morgan fingerprint density at radius 1 is 0.862 bits per heavy atom. The molecule has 4 nitrogen and oxygen atoms in total. The van der Waals surface area contributed by atoms with Crippen molar-refractivity contribution >= 4 is 11.6 Å². The maximum Gasteiger partial charge on any atom is 0.262 e. The van der Waals surface area contributed by atoms with Crippen molar-refractivity contribution in [3.63, 3.8) is 0 Å². The van der Waals surface area contributed by atoms with E-state index in [1.165, 1.54) is 0 Å². The third kappa shape index (κ3) is 3.76. The van der Waals surface area contributed by atoms with Gasteiger partial charge in [0.25, 0.3) is 5.89 Å². The molecule has 0 aliphatic heterocycles. The Kier molecular flexibility index (Phi) is 4.89. The molecule has 4 rings (SSSR count). The third-order valence-corrected chi connectivity index (χ3v) is 5.16. The zero-order chi connectivity index (χ0) is 20.6. The van der Waals surface area contributed by atoms with E-state index in [0.717, 1.165) is 16.7 Å². The van der Waals surface area contributed by atoms with Crippen LogP contribution >= 0.6 is 11.6 Å². The predicted octanol–water partition coefficient (Wildman–Crippen LogP) is 6.73. The van der Waals surface area contributed by atoms with E-state index in [-0.39, 0.29) is 17.1 Å². The van der Waals surface area contributed by atoms with Crippen LogP contribution in [0, 0.1) is 0 Å². The first-order valence-electron chi connectivity index (χ1n) is 9.36. The molecule has 0 unspecified atom stereocenters. The van der Waals surface area contributed by atoms with Crippen LogP contribution in [0.25, 0.3) is 34.0 Å². The second-order valence-corrected chi connectivity index (χ2v) is 8.35. The second kappa shape index (κ2) is 7.37. The van der Waals surface area contributed by atoms with Gasteiger partial charge in [-0.05, 0) is 40.8 Å². The molecule has 0 atom stereocenters. The Hall–Kier alpha value is -3.11. The molecule has 29 heavy (non-hydrogen) atoms. The molecule has 146 valence electrons. The summed E-state index contributed by atoms with van der Waals surface area (Å²) in [7, 11) is 0. The van der Waals surface area contributed by atoms with Crippen LogP contribution in [0.4, 0.5) is 0 Å². The summed E-state index contributed by atoms with van der Waals surface area (Å²) in [6.07, 6.45) is 0. The maximum atomic E-state index is 11.1. The van der Waals surface area contributed by atoms with E-state index in [1.807, 2.05) is 60.7 Å². The Morgan fingerprint density at radius 3 is 2.21 bits per heavy atom. The van der Waals surface area contributed by atoms with Crippen molar-refractivity contribution in [3.8, 4) is 39.7 Å². The molecule has 0 aliphatic carbocycles. The molecule has 0 amide bonds. The highest BCUT2D eigenvalue weighted by atomic mass is 35.5. The molecule has 0 bridgehead atoms. The largest absolute Gasteiger partial charge is 0.506 e. The minimum Gasteiger partial charge on any atom is -0.506 e. The third-order valence-electron chi connectivity index (χ3n) is 4.83. The highest BCUT2D eigenvalue weighted by molar-refractivity contribution is 6.33. The smallest absolute Gasteiger partial charge is 0.262 e. The van der Waals surface area contributed by atoms with Gasteiger partial charge in [-0.25, -0.2) is 0 Å². The molecule has 0 radical (unpaired) electrons. The fraction of sp³-hybridized carbons (Fsp3) is 0.167. The van der Waals surface area contributed by atoms with Crippen LogP contribution in [0.3, 0.4) is 0 Å². The van der Waals surface area contributed by atoms with Gasteiger partial charge < -0.3 is 9.63 Å². The first kappa shape index (κ1) is 19.2. The second-order valence-electron chi connectivity index (χ2n) is 7.94. The van der Waals surface area contributed by atoms with Crippen LogP contribution in [-0.4, -0.2) is 15.2 Å². The minimum atomic E-state index is -0.127. The van der Waals surface area contributed by atoms with Crippen molar-refractivity contribution in [1.29, 1.82) is 0 Å². The summed E-state index contributed by atoms with van der Waals surface area (Å²) in [5, 5.41) is 15.7. The summed E-state index contributed by atoms with van der Waals surface area (Å²) in [6, 6.07) is 21.0. The fourth-order valence-electron chi connectivity index (χ4n) is 3.15. The van der Waals surface area contributed by atoms with E-state index in [0.29, 0.717) is 22.0 Å². The molecule has 1 aromatic heterocycles. The number of benzene rings is 3. The summed E-state index contributed by atoms with van der Waals surface area (Å²) < 4.78 is 5.52. The number of nitrogens with zero attached hydrogens (tertiary/aromatic N) is 2. The SMILES string of the molecule is CC(C)(C)c1cc(-c2ccccc2)c(O)c(-c2nc(-c3ccccc3Cl)no2)c1. The summed E-state index contributed by atoms with van der Waals surface area (Å²) in [4.78, 5) is 4.51. The average Bonchev–Trinajstić information content (AvgIpc) is 3.18. The molecular weight excluding hydrogens is 384 g/mol. The van der Waals surface area contributed by atoms with Crippen molar-refractivity contribution in [1.82, 2.24) is 10.1 Å². The van der Waals surface area contributed by atoms with E-state index < -0.39 is 0 Å². The minimum absolute atomic E-state index is 0.110. The van der Waals surface area contributed by atoms with Gasteiger partial charge in [0.15, 0.2) is 0 Å². The average molecular weight is 405 g/mol. The van der Waals surface area contributed by atoms with Gasteiger partial charge in [-0.1, -0.05) is 80.0 Å². The number of phenols is 1. The van der Waals surface area contributed by atoms with Crippen LogP contribution in [0.15, 0.2) is 71.3 Å². The highest BCUT2D eigenvalue weighted by Gasteiger charge is 2.23. The van der Waals surface area contributed by atoms with Crippen LogP contribution in [0.2, 0.25) is 5.02 Å². The van der Waals surface area contributed by atoms with Crippen molar-refractivity contribution in [2.24, 2.45) is 0 Å². The molecule has 0 aliphatic rings. The van der Waals surface area contributed by atoms with Gasteiger partial charge in [-0.3, -0.25) is 0 Å². The van der Waals surface area contributed by atoms with E-state index in [1.54, 1.807) is 6.07 Å². The number of aromatic nitrogens is 2. The van der Waals surface area contributed by atoms with E-state index >= 15 is 0 Å². The lowest BCUT2D eigenvalue weighted by Crippen LogP contribution is -2.11. The lowest BCUT2D eigenvalue weighted by Gasteiger charge is -2.22. The van der Waals surface area contributed by atoms with Crippen LogP contribution in [0.1, 0.15) is 26.3 Å². The summed E-state index contributed by atoms with van der Waals surface area (Å²) in [6.45, 7) is 6.38. The fourth-order valence-corrected chi connectivity index (χ4v) is 3.37. The molecule has 5 heteroatoms. The van der Waals surface area contributed by atoms with Crippen molar-refractivity contribution in [2.75, 3.05) is 0 Å². The van der Waals surface area contributed by atoms with Gasteiger partial charge >= 0.3 is 0 Å².